The van der Waals surface area contributed by atoms with Crippen LogP contribution in [0.3, 0.4) is 0 Å². The van der Waals surface area contributed by atoms with Crippen molar-refractivity contribution in [3.63, 3.8) is 0 Å². The summed E-state index contributed by atoms with van der Waals surface area (Å²) in [5.74, 6) is -0.107. The summed E-state index contributed by atoms with van der Waals surface area (Å²) in [5, 5.41) is 24.5. The quantitative estimate of drug-likeness (QED) is 0.269. The van der Waals surface area contributed by atoms with Crippen LogP contribution in [-0.2, 0) is 24.7 Å². The number of rotatable bonds is 10. The summed E-state index contributed by atoms with van der Waals surface area (Å²) in [4.78, 5) is 9.90. The van der Waals surface area contributed by atoms with E-state index in [2.05, 4.69) is 31.3 Å². The third-order valence-corrected chi connectivity index (χ3v) is 9.27. The molecule has 0 bridgehead atoms. The molecule has 1 saturated heterocycles. The van der Waals surface area contributed by atoms with E-state index < -0.39 is 34.9 Å². The number of carbonyl (C=O) groups is 1. The molecule has 35 heavy (non-hydrogen) atoms. The number of nitrogens with two attached hydrogens (primary N) is 1. The monoisotopic (exact) mass is 519 g/mol. The summed E-state index contributed by atoms with van der Waals surface area (Å²) in [7, 11) is -6.77. The molecular formula is C21H25N7O5S2. The van der Waals surface area contributed by atoms with Crippen LogP contribution in [0.5, 0.6) is 0 Å². The predicted molar refractivity (Wildman–Crippen MR) is 127 cm³/mol. The molecule has 0 saturated carbocycles. The van der Waals surface area contributed by atoms with Crippen LogP contribution in [0.4, 0.5) is 0 Å². The van der Waals surface area contributed by atoms with E-state index in [-0.39, 0.29) is 30.5 Å². The largest absolute Gasteiger partial charge is 0.314 e. The number of primary sulfonamides is 1. The Labute approximate surface area is 202 Å². The summed E-state index contributed by atoms with van der Waals surface area (Å²) < 4.78 is 52.2. The number of H-pyrrole nitrogens is 1. The smallest absolute Gasteiger partial charge is 0.240 e. The van der Waals surface area contributed by atoms with Gasteiger partial charge in [-0.1, -0.05) is 24.3 Å². The lowest BCUT2D eigenvalue weighted by atomic mass is 9.94. The standard InChI is InChI=1S/C21H25N7O5S2/c1-23-17(6-3-9-29)14-5-2-4-13(10-14)16-7-8-18(34(30,31)15-11-24-12-15)20(35(22,32)33)19(16)21-25-27-28-26-21/h2,4-5,7-10,15,17,23-24H,3,6,11-12H2,1H3,(H2,22,32,33)(H,25,26,27,28). The number of hydrogen-bond donors (Lipinski definition) is 4. The van der Waals surface area contributed by atoms with Gasteiger partial charge >= 0.3 is 0 Å². The van der Waals surface area contributed by atoms with Gasteiger partial charge in [-0.15, -0.1) is 10.2 Å². The number of aromatic amines is 1. The highest BCUT2D eigenvalue weighted by atomic mass is 32.2. The van der Waals surface area contributed by atoms with Gasteiger partial charge < -0.3 is 15.4 Å². The van der Waals surface area contributed by atoms with Crippen LogP contribution in [0, 0.1) is 0 Å². The maximum Gasteiger partial charge on any atom is 0.240 e. The lowest BCUT2D eigenvalue weighted by Gasteiger charge is -2.28. The highest BCUT2D eigenvalue weighted by Crippen LogP contribution is 2.40. The van der Waals surface area contributed by atoms with E-state index in [1.165, 1.54) is 12.1 Å². The number of carbonyl (C=O) groups excluding carboxylic acids is 1. The normalized spacial score (nSPS) is 15.5. The molecule has 0 spiro atoms. The molecule has 1 aliphatic rings. The minimum absolute atomic E-state index is 0.0549. The van der Waals surface area contributed by atoms with E-state index >= 15 is 0 Å². The third-order valence-electron chi connectivity index (χ3n) is 5.99. The van der Waals surface area contributed by atoms with Gasteiger partial charge in [0.05, 0.1) is 15.7 Å². The Kier molecular flexibility index (Phi) is 7.10. The summed E-state index contributed by atoms with van der Waals surface area (Å²) in [6.07, 6.45) is 1.77. The lowest BCUT2D eigenvalue weighted by molar-refractivity contribution is -0.108. The molecule has 2 aromatic carbocycles. The molecular weight excluding hydrogens is 494 g/mol. The second-order valence-electron chi connectivity index (χ2n) is 8.13. The van der Waals surface area contributed by atoms with Gasteiger partial charge in [-0.2, -0.15) is 5.21 Å². The minimum atomic E-state index is -4.54. The summed E-state index contributed by atoms with van der Waals surface area (Å²) in [5.41, 5.74) is 1.77. The first-order chi connectivity index (χ1) is 16.7. The zero-order chi connectivity index (χ0) is 25.2. The molecule has 0 amide bonds. The van der Waals surface area contributed by atoms with Crippen LogP contribution in [0.15, 0.2) is 46.2 Å². The fourth-order valence-electron chi connectivity index (χ4n) is 4.10. The van der Waals surface area contributed by atoms with Crippen LogP contribution in [-0.4, -0.2) is 69.1 Å². The number of sulfonamides is 1. The zero-order valence-corrected chi connectivity index (χ0v) is 20.4. The third kappa shape index (κ3) is 4.88. The summed E-state index contributed by atoms with van der Waals surface area (Å²) in [6, 6.07) is 9.92. The van der Waals surface area contributed by atoms with Crippen molar-refractivity contribution in [1.29, 1.82) is 0 Å². The molecule has 1 aromatic heterocycles. The zero-order valence-electron chi connectivity index (χ0n) is 18.8. The second kappa shape index (κ2) is 9.91. The Bertz CT molecular complexity index is 1440. The molecule has 186 valence electrons. The van der Waals surface area contributed by atoms with Gasteiger partial charge in [-0.3, -0.25) is 0 Å². The molecule has 5 N–H and O–H groups in total. The van der Waals surface area contributed by atoms with Gasteiger partial charge in [0.1, 0.15) is 11.2 Å². The fourth-order valence-corrected chi connectivity index (χ4v) is 7.28. The van der Waals surface area contributed by atoms with Crippen molar-refractivity contribution in [3.05, 3.63) is 42.0 Å². The Balaban J connectivity index is 1.98. The molecule has 14 heteroatoms. The number of nitrogens with zero attached hydrogens (tertiary/aromatic N) is 3. The molecule has 12 nitrogen and oxygen atoms in total. The number of aldehydes is 1. The molecule has 0 aliphatic carbocycles. The van der Waals surface area contributed by atoms with E-state index in [4.69, 9.17) is 5.14 Å². The first-order valence-corrected chi connectivity index (χ1v) is 13.9. The van der Waals surface area contributed by atoms with Crippen LogP contribution < -0.4 is 15.8 Å². The van der Waals surface area contributed by atoms with E-state index in [9.17, 15) is 21.6 Å². The second-order valence-corrected chi connectivity index (χ2v) is 11.8. The van der Waals surface area contributed by atoms with Crippen LogP contribution in [0.25, 0.3) is 22.5 Å². The number of hydrogen-bond acceptors (Lipinski definition) is 10. The number of tetrazole rings is 1. The lowest BCUT2D eigenvalue weighted by Crippen LogP contribution is -2.51. The van der Waals surface area contributed by atoms with Crippen molar-refractivity contribution >= 4 is 26.1 Å². The fraction of sp³-hybridized carbons (Fsp3) is 0.333. The number of benzene rings is 2. The number of sulfone groups is 1. The first-order valence-electron chi connectivity index (χ1n) is 10.8. The highest BCUT2D eigenvalue weighted by Gasteiger charge is 2.38. The van der Waals surface area contributed by atoms with Crippen molar-refractivity contribution in [2.45, 2.75) is 33.9 Å². The van der Waals surface area contributed by atoms with Gasteiger partial charge in [0.25, 0.3) is 0 Å². The molecule has 1 fully saturated rings. The summed E-state index contributed by atoms with van der Waals surface area (Å²) >= 11 is 0. The van der Waals surface area contributed by atoms with E-state index in [1.807, 2.05) is 12.1 Å². The molecule has 0 radical (unpaired) electrons. The van der Waals surface area contributed by atoms with Crippen molar-refractivity contribution in [2.24, 2.45) is 5.14 Å². The van der Waals surface area contributed by atoms with Crippen LogP contribution in [0.1, 0.15) is 24.4 Å². The Hall–Kier alpha value is -3.04. The van der Waals surface area contributed by atoms with E-state index in [0.29, 0.717) is 24.0 Å². The average Bonchev–Trinajstić information content (AvgIpc) is 3.31. The molecule has 4 rings (SSSR count). The minimum Gasteiger partial charge on any atom is -0.314 e. The molecule has 1 unspecified atom stereocenters. The van der Waals surface area contributed by atoms with Crippen molar-refractivity contribution < 1.29 is 21.6 Å². The topological polar surface area (TPSA) is 190 Å². The number of nitrogens with one attached hydrogen (secondary N) is 3. The van der Waals surface area contributed by atoms with E-state index in [1.54, 1.807) is 19.2 Å². The van der Waals surface area contributed by atoms with Gasteiger partial charge in [-0.05, 0) is 47.5 Å². The first kappa shape index (κ1) is 25.1. The van der Waals surface area contributed by atoms with Crippen molar-refractivity contribution in [3.8, 4) is 22.5 Å². The van der Waals surface area contributed by atoms with E-state index in [0.717, 1.165) is 11.8 Å². The van der Waals surface area contributed by atoms with Gasteiger partial charge in [-0.25, -0.2) is 22.0 Å². The van der Waals surface area contributed by atoms with Crippen LogP contribution >= 0.6 is 0 Å². The Morgan fingerprint density at radius 2 is 1.97 bits per heavy atom. The van der Waals surface area contributed by atoms with Gasteiger partial charge in [0.15, 0.2) is 9.84 Å². The molecule has 1 aliphatic heterocycles. The van der Waals surface area contributed by atoms with Gasteiger partial charge in [0.2, 0.25) is 15.8 Å². The van der Waals surface area contributed by atoms with Gasteiger partial charge in [0, 0.05) is 25.6 Å². The highest BCUT2D eigenvalue weighted by molar-refractivity contribution is 7.94. The number of aromatic nitrogens is 4. The molecule has 2 heterocycles. The summed E-state index contributed by atoms with van der Waals surface area (Å²) in [6.45, 7) is 0.417. The van der Waals surface area contributed by atoms with Crippen molar-refractivity contribution in [2.75, 3.05) is 20.1 Å². The molecule has 3 aromatic rings. The predicted octanol–water partition coefficient (Wildman–Crippen LogP) is 0.166. The Morgan fingerprint density at radius 1 is 1.20 bits per heavy atom. The van der Waals surface area contributed by atoms with Crippen LogP contribution in [0.2, 0.25) is 0 Å². The maximum atomic E-state index is 13.3. The maximum absolute atomic E-state index is 13.3. The Morgan fingerprint density at radius 3 is 2.54 bits per heavy atom. The average molecular weight is 520 g/mol. The SMILES string of the molecule is CNC(CCC=O)c1cccc(-c2ccc(S(=O)(=O)C3CNC3)c(S(N)(=O)=O)c2-c2nn[nH]n2)c1. The van der Waals surface area contributed by atoms with Crippen molar-refractivity contribution in [1.82, 2.24) is 31.3 Å². The molecule has 1 atom stereocenters.